The van der Waals surface area contributed by atoms with E-state index in [1.54, 1.807) is 0 Å². The van der Waals surface area contributed by atoms with Gasteiger partial charge in [-0.05, 0) is 50.4 Å². The molecule has 0 aliphatic heterocycles. The van der Waals surface area contributed by atoms with Crippen LogP contribution < -0.4 is 0 Å². The maximum absolute atomic E-state index is 15.0. The molecule has 0 spiro atoms. The zero-order valence-electron chi connectivity index (χ0n) is 35.1. The van der Waals surface area contributed by atoms with Gasteiger partial charge < -0.3 is 9.47 Å². The number of rotatable bonds is 39. The monoisotopic (exact) mass is 707 g/mol. The number of unbranched alkanes of at least 4 members (excludes halogenated alkanes) is 22. The Morgan fingerprint density at radius 2 is 0.680 bits per heavy atom. The predicted octanol–water partition coefficient (Wildman–Crippen LogP) is 15.4. The van der Waals surface area contributed by atoms with Crippen LogP contribution in [0.25, 0.3) is 0 Å². The van der Waals surface area contributed by atoms with Gasteiger partial charge in [-0.25, -0.2) is 0 Å². The number of ether oxygens (including phenoxy) is 2. The zero-order chi connectivity index (χ0) is 37.0. The van der Waals surface area contributed by atoms with Crippen LogP contribution in [0.4, 0.5) is 0 Å². The van der Waals surface area contributed by atoms with E-state index < -0.39 is 5.41 Å². The van der Waals surface area contributed by atoms with Gasteiger partial charge >= 0.3 is 11.9 Å². The molecule has 4 heteroatoms. The lowest BCUT2D eigenvalue weighted by Gasteiger charge is -2.50. The second-order valence-corrected chi connectivity index (χ2v) is 16.0. The molecule has 0 fully saturated rings. The molecule has 0 N–H and O–H groups in total. The van der Waals surface area contributed by atoms with Gasteiger partial charge in [0.15, 0.2) is 0 Å². The molecule has 0 rings (SSSR count). The first kappa shape index (κ1) is 48.9. The van der Waals surface area contributed by atoms with Gasteiger partial charge in [0.1, 0.15) is 0 Å². The fourth-order valence-electron chi connectivity index (χ4n) is 8.26. The Balaban J connectivity index is 6.85. The second kappa shape index (κ2) is 35.0. The van der Waals surface area contributed by atoms with Gasteiger partial charge in [0.2, 0.25) is 0 Å². The first-order chi connectivity index (χ1) is 24.4. The van der Waals surface area contributed by atoms with E-state index in [-0.39, 0.29) is 17.4 Å². The second-order valence-electron chi connectivity index (χ2n) is 16.0. The molecule has 0 aliphatic rings. The van der Waals surface area contributed by atoms with E-state index >= 15 is 0 Å². The Hall–Kier alpha value is -1.06. The van der Waals surface area contributed by atoms with Gasteiger partial charge in [-0.2, -0.15) is 0 Å². The van der Waals surface area contributed by atoms with E-state index in [9.17, 15) is 9.59 Å². The lowest BCUT2D eigenvalue weighted by atomic mass is 9.53. The van der Waals surface area contributed by atoms with Crippen LogP contribution in [-0.4, -0.2) is 25.2 Å². The molecule has 0 amide bonds. The SMILES string of the molecule is CCCCCCCCC(CCCCCCCC)(CCC(=O)OCCCC)C(CCCCCCCC)(CCCCCCCC)C(=O)OCCCC. The van der Waals surface area contributed by atoms with Crippen molar-refractivity contribution >= 4 is 11.9 Å². The van der Waals surface area contributed by atoms with Crippen molar-refractivity contribution in [3.05, 3.63) is 0 Å². The van der Waals surface area contributed by atoms with E-state index in [2.05, 4.69) is 41.5 Å². The minimum absolute atomic E-state index is 0.0684. The van der Waals surface area contributed by atoms with E-state index in [0.29, 0.717) is 19.6 Å². The third-order valence-electron chi connectivity index (χ3n) is 11.6. The third kappa shape index (κ3) is 22.8. The summed E-state index contributed by atoms with van der Waals surface area (Å²) >= 11 is 0. The molecule has 298 valence electrons. The molecular formula is C46H90O4. The van der Waals surface area contributed by atoms with E-state index in [1.165, 1.54) is 128 Å². The van der Waals surface area contributed by atoms with Crippen molar-refractivity contribution in [3.8, 4) is 0 Å². The molecule has 0 saturated heterocycles. The van der Waals surface area contributed by atoms with Crippen molar-refractivity contribution in [3.63, 3.8) is 0 Å². The molecule has 0 heterocycles. The average Bonchev–Trinajstić information content (AvgIpc) is 3.12. The normalized spacial score (nSPS) is 12.0. The largest absolute Gasteiger partial charge is 0.466 e. The highest BCUT2D eigenvalue weighted by molar-refractivity contribution is 5.78. The zero-order valence-corrected chi connectivity index (χ0v) is 35.1. The van der Waals surface area contributed by atoms with E-state index in [0.717, 1.165) is 83.5 Å². The quantitative estimate of drug-likeness (QED) is 0.0472. The third-order valence-corrected chi connectivity index (χ3v) is 11.6. The lowest BCUT2D eigenvalue weighted by molar-refractivity contribution is -0.172. The van der Waals surface area contributed by atoms with Crippen molar-refractivity contribution < 1.29 is 19.1 Å². The molecule has 0 unspecified atom stereocenters. The summed E-state index contributed by atoms with van der Waals surface area (Å²) in [6, 6.07) is 0. The number of carbonyl (C=O) groups is 2. The number of carbonyl (C=O) groups excluding carboxylic acids is 2. The van der Waals surface area contributed by atoms with Crippen molar-refractivity contribution in [2.75, 3.05) is 13.2 Å². The van der Waals surface area contributed by atoms with Crippen LogP contribution in [0, 0.1) is 10.8 Å². The van der Waals surface area contributed by atoms with Crippen molar-refractivity contribution in [1.82, 2.24) is 0 Å². The molecule has 0 atom stereocenters. The Kier molecular flexibility index (Phi) is 34.3. The number of esters is 2. The molecule has 0 radical (unpaired) electrons. The first-order valence-corrected chi connectivity index (χ1v) is 22.8. The molecule has 50 heavy (non-hydrogen) atoms. The smallest absolute Gasteiger partial charge is 0.312 e. The summed E-state index contributed by atoms with van der Waals surface area (Å²) in [5, 5.41) is 0. The van der Waals surface area contributed by atoms with Crippen LogP contribution in [-0.2, 0) is 19.1 Å². The highest BCUT2D eigenvalue weighted by Crippen LogP contribution is 2.57. The van der Waals surface area contributed by atoms with E-state index in [1.807, 2.05) is 0 Å². The Morgan fingerprint density at radius 3 is 1.06 bits per heavy atom. The summed E-state index contributed by atoms with van der Waals surface area (Å²) in [6.07, 6.45) is 38.6. The van der Waals surface area contributed by atoms with Crippen LogP contribution in [0.3, 0.4) is 0 Å². The van der Waals surface area contributed by atoms with Gasteiger partial charge in [0.05, 0.1) is 18.6 Å². The molecule has 0 bridgehead atoms. The van der Waals surface area contributed by atoms with Crippen LogP contribution in [0.2, 0.25) is 0 Å². The molecule has 0 aromatic rings. The Morgan fingerprint density at radius 1 is 0.360 bits per heavy atom. The van der Waals surface area contributed by atoms with Crippen molar-refractivity contribution in [2.24, 2.45) is 10.8 Å². The lowest BCUT2D eigenvalue weighted by Crippen LogP contribution is -2.49. The average molecular weight is 707 g/mol. The van der Waals surface area contributed by atoms with Crippen LogP contribution in [0.5, 0.6) is 0 Å². The summed E-state index contributed by atoms with van der Waals surface area (Å²) in [5.74, 6) is 0.00507. The summed E-state index contributed by atoms with van der Waals surface area (Å²) in [7, 11) is 0. The summed E-state index contributed by atoms with van der Waals surface area (Å²) in [6.45, 7) is 14.5. The summed E-state index contributed by atoms with van der Waals surface area (Å²) in [4.78, 5) is 28.3. The predicted molar refractivity (Wildman–Crippen MR) is 218 cm³/mol. The highest BCUT2D eigenvalue weighted by Gasteiger charge is 2.55. The van der Waals surface area contributed by atoms with Gasteiger partial charge in [-0.3, -0.25) is 9.59 Å². The summed E-state index contributed by atoms with van der Waals surface area (Å²) < 4.78 is 12.2. The number of hydrogen-bond acceptors (Lipinski definition) is 4. The maximum Gasteiger partial charge on any atom is 0.312 e. The Bertz CT molecular complexity index is 714. The maximum atomic E-state index is 15.0. The van der Waals surface area contributed by atoms with Crippen LogP contribution in [0.1, 0.15) is 260 Å². The van der Waals surface area contributed by atoms with Crippen molar-refractivity contribution in [2.45, 2.75) is 260 Å². The standard InChI is InChI=1S/C46H90O4/c1-7-13-19-23-27-31-36-45(37-32-28-24-20-14-8-2,40-35-43(47)49-41-17-11-5)46(44(48)50-42-18-12-6,38-33-29-25-21-15-9-3)39-34-30-26-22-16-10-4/h7-42H2,1-6H3. The van der Waals surface area contributed by atoms with Crippen molar-refractivity contribution in [1.29, 1.82) is 0 Å². The minimum Gasteiger partial charge on any atom is -0.466 e. The molecule has 0 aromatic heterocycles. The topological polar surface area (TPSA) is 52.6 Å². The van der Waals surface area contributed by atoms with Gasteiger partial charge in [-0.15, -0.1) is 0 Å². The summed E-state index contributed by atoms with van der Waals surface area (Å²) in [5.41, 5.74) is -0.769. The molecule has 0 aliphatic carbocycles. The molecule has 0 saturated carbocycles. The first-order valence-electron chi connectivity index (χ1n) is 22.8. The van der Waals surface area contributed by atoms with Gasteiger partial charge in [0, 0.05) is 6.42 Å². The van der Waals surface area contributed by atoms with Gasteiger partial charge in [0.25, 0.3) is 0 Å². The molecule has 4 nitrogen and oxygen atoms in total. The van der Waals surface area contributed by atoms with E-state index in [4.69, 9.17) is 9.47 Å². The van der Waals surface area contributed by atoms with Crippen LogP contribution in [0.15, 0.2) is 0 Å². The molecule has 0 aromatic carbocycles. The van der Waals surface area contributed by atoms with Crippen LogP contribution >= 0.6 is 0 Å². The fraction of sp³-hybridized carbons (Fsp3) is 0.957. The molecular weight excluding hydrogens is 617 g/mol. The van der Waals surface area contributed by atoms with Gasteiger partial charge in [-0.1, -0.05) is 208 Å². The number of hydrogen-bond donors (Lipinski definition) is 0. The minimum atomic E-state index is -0.535. The Labute approximate surface area is 314 Å². The fourth-order valence-corrected chi connectivity index (χ4v) is 8.26. The highest BCUT2D eigenvalue weighted by atomic mass is 16.5.